The van der Waals surface area contributed by atoms with Crippen molar-refractivity contribution < 1.29 is 31.9 Å². The Bertz CT molecular complexity index is 1050. The first-order chi connectivity index (χ1) is 15.3. The van der Waals surface area contributed by atoms with Gasteiger partial charge in [-0.05, 0) is 42.5 Å². The van der Waals surface area contributed by atoms with E-state index in [4.69, 9.17) is 9.47 Å². The van der Waals surface area contributed by atoms with Crippen LogP contribution in [0.25, 0.3) is 0 Å². The third kappa shape index (κ3) is 6.04. The predicted molar refractivity (Wildman–Crippen MR) is 114 cm³/mol. The van der Waals surface area contributed by atoms with E-state index in [1.54, 1.807) is 4.90 Å². The summed E-state index contributed by atoms with van der Waals surface area (Å²) in [4.78, 5) is 25.4. The zero-order valence-electron chi connectivity index (χ0n) is 17.7. The molecule has 0 N–H and O–H groups in total. The van der Waals surface area contributed by atoms with Crippen molar-refractivity contribution >= 4 is 21.9 Å². The molecule has 0 unspecified atom stereocenters. The van der Waals surface area contributed by atoms with Gasteiger partial charge in [-0.1, -0.05) is 6.07 Å². The summed E-state index contributed by atoms with van der Waals surface area (Å²) in [7, 11) is -3.79. The highest BCUT2D eigenvalue weighted by atomic mass is 32.2. The molecule has 2 aromatic carbocycles. The van der Waals surface area contributed by atoms with E-state index in [-0.39, 0.29) is 48.5 Å². The number of ether oxygens (including phenoxy) is 2. The average molecular weight is 465 g/mol. The van der Waals surface area contributed by atoms with Crippen LogP contribution in [0, 0.1) is 5.82 Å². The number of nitrogens with zero attached hydrogens (tertiary/aromatic N) is 2. The zero-order valence-corrected chi connectivity index (χ0v) is 18.5. The van der Waals surface area contributed by atoms with Crippen LogP contribution in [0.2, 0.25) is 0 Å². The zero-order chi connectivity index (χ0) is 23.1. The number of carbonyl (C=O) groups is 2. The smallest absolute Gasteiger partial charge is 0.338 e. The molecular weight excluding hydrogens is 439 g/mol. The lowest BCUT2D eigenvalue weighted by Crippen LogP contribution is -2.49. The topological polar surface area (TPSA) is 93.2 Å². The van der Waals surface area contributed by atoms with Crippen LogP contribution in [0.3, 0.4) is 0 Å². The van der Waals surface area contributed by atoms with E-state index in [0.29, 0.717) is 25.3 Å². The Morgan fingerprint density at radius 1 is 1.00 bits per heavy atom. The summed E-state index contributed by atoms with van der Waals surface area (Å²) < 4.78 is 50.7. The van der Waals surface area contributed by atoms with Gasteiger partial charge < -0.3 is 14.4 Å². The molecule has 0 aromatic heterocycles. The normalized spacial score (nSPS) is 14.8. The number of halogens is 1. The third-order valence-corrected chi connectivity index (χ3v) is 6.89. The minimum absolute atomic E-state index is 0.00266. The maximum absolute atomic E-state index is 12.9. The van der Waals surface area contributed by atoms with E-state index in [1.807, 2.05) is 0 Å². The summed E-state index contributed by atoms with van der Waals surface area (Å²) in [5.41, 5.74) is 0.132. The van der Waals surface area contributed by atoms with E-state index in [1.165, 1.54) is 59.8 Å². The molecule has 32 heavy (non-hydrogen) atoms. The molecule has 0 radical (unpaired) electrons. The molecule has 0 spiro atoms. The van der Waals surface area contributed by atoms with Crippen molar-refractivity contribution in [1.29, 1.82) is 0 Å². The molecule has 1 fully saturated rings. The van der Waals surface area contributed by atoms with Gasteiger partial charge >= 0.3 is 5.97 Å². The number of rotatable bonds is 8. The van der Waals surface area contributed by atoms with Crippen LogP contribution in [0.5, 0.6) is 5.75 Å². The Morgan fingerprint density at radius 2 is 1.69 bits per heavy atom. The molecule has 1 aliphatic heterocycles. The molecule has 0 atom stereocenters. The molecule has 0 aliphatic carbocycles. The lowest BCUT2D eigenvalue weighted by molar-refractivity contribution is -0.129. The van der Waals surface area contributed by atoms with Gasteiger partial charge in [0, 0.05) is 39.5 Å². The van der Waals surface area contributed by atoms with Gasteiger partial charge in [0.05, 0.1) is 23.7 Å². The van der Waals surface area contributed by atoms with Crippen LogP contribution < -0.4 is 4.74 Å². The molecule has 0 bridgehead atoms. The van der Waals surface area contributed by atoms with Crippen LogP contribution in [-0.4, -0.2) is 68.9 Å². The van der Waals surface area contributed by atoms with Gasteiger partial charge in [-0.15, -0.1) is 0 Å². The lowest BCUT2D eigenvalue weighted by atomic mass is 10.2. The molecule has 1 amide bonds. The molecule has 8 nitrogen and oxygen atoms in total. The van der Waals surface area contributed by atoms with Gasteiger partial charge in [-0.3, -0.25) is 4.79 Å². The molecule has 0 saturated carbocycles. The summed E-state index contributed by atoms with van der Waals surface area (Å²) in [5.74, 6) is -0.561. The minimum Gasteiger partial charge on any atom is -0.493 e. The van der Waals surface area contributed by atoms with Crippen LogP contribution >= 0.6 is 0 Å². The van der Waals surface area contributed by atoms with Crippen molar-refractivity contribution in [3.8, 4) is 5.75 Å². The van der Waals surface area contributed by atoms with Crippen LogP contribution in [0.4, 0.5) is 4.39 Å². The SMILES string of the molecule is CC(=O)N1CCN(S(=O)(=O)c2cccc(C(=O)OCCCOc3ccc(F)cc3)c2)CC1. The van der Waals surface area contributed by atoms with Gasteiger partial charge in [0.2, 0.25) is 15.9 Å². The van der Waals surface area contributed by atoms with Gasteiger partial charge in [0.15, 0.2) is 0 Å². The Morgan fingerprint density at radius 3 is 2.34 bits per heavy atom. The number of hydrogen-bond donors (Lipinski definition) is 0. The fourth-order valence-corrected chi connectivity index (χ4v) is 4.67. The van der Waals surface area contributed by atoms with Crippen LogP contribution in [0.1, 0.15) is 23.7 Å². The molecule has 1 heterocycles. The van der Waals surface area contributed by atoms with Crippen molar-refractivity contribution in [2.24, 2.45) is 0 Å². The van der Waals surface area contributed by atoms with Crippen LogP contribution in [0.15, 0.2) is 53.4 Å². The second-order valence-electron chi connectivity index (χ2n) is 7.23. The summed E-state index contributed by atoms with van der Waals surface area (Å²) in [5, 5.41) is 0. The Labute approximate surface area is 186 Å². The molecule has 10 heteroatoms. The van der Waals surface area contributed by atoms with E-state index in [2.05, 4.69) is 0 Å². The fourth-order valence-electron chi connectivity index (χ4n) is 3.20. The first-order valence-electron chi connectivity index (χ1n) is 10.2. The maximum Gasteiger partial charge on any atom is 0.338 e. The van der Waals surface area contributed by atoms with Crippen LogP contribution in [-0.2, 0) is 19.6 Å². The molecule has 1 saturated heterocycles. The average Bonchev–Trinajstić information content (AvgIpc) is 2.80. The van der Waals surface area contributed by atoms with E-state index in [0.717, 1.165) is 0 Å². The van der Waals surface area contributed by atoms with Crippen molar-refractivity contribution in [3.63, 3.8) is 0 Å². The molecule has 3 rings (SSSR count). The first-order valence-corrected chi connectivity index (χ1v) is 11.6. The summed E-state index contributed by atoms with van der Waals surface area (Å²) in [6.45, 7) is 2.87. The fraction of sp³-hybridized carbons (Fsp3) is 0.364. The minimum atomic E-state index is -3.79. The highest BCUT2D eigenvalue weighted by molar-refractivity contribution is 7.89. The summed E-state index contributed by atoms with van der Waals surface area (Å²) >= 11 is 0. The van der Waals surface area contributed by atoms with Gasteiger partial charge in [-0.25, -0.2) is 17.6 Å². The highest BCUT2D eigenvalue weighted by Gasteiger charge is 2.29. The van der Waals surface area contributed by atoms with E-state index in [9.17, 15) is 22.4 Å². The summed E-state index contributed by atoms with van der Waals surface area (Å²) in [6.07, 6.45) is 0.418. The number of benzene rings is 2. The third-order valence-electron chi connectivity index (χ3n) is 5.00. The predicted octanol–water partition coefficient (Wildman–Crippen LogP) is 2.30. The number of carbonyl (C=O) groups excluding carboxylic acids is 2. The number of piperazine rings is 1. The molecule has 1 aliphatic rings. The van der Waals surface area contributed by atoms with Crippen molar-refractivity contribution in [1.82, 2.24) is 9.21 Å². The number of amides is 1. The second-order valence-corrected chi connectivity index (χ2v) is 9.17. The Kier molecular flexibility index (Phi) is 7.81. The second kappa shape index (κ2) is 10.6. The van der Waals surface area contributed by atoms with Gasteiger partial charge in [0.1, 0.15) is 11.6 Å². The van der Waals surface area contributed by atoms with Crippen molar-refractivity contribution in [2.45, 2.75) is 18.2 Å². The van der Waals surface area contributed by atoms with Crippen molar-refractivity contribution in [2.75, 3.05) is 39.4 Å². The number of esters is 1. The lowest BCUT2D eigenvalue weighted by Gasteiger charge is -2.33. The van der Waals surface area contributed by atoms with Gasteiger partial charge in [0.25, 0.3) is 0 Å². The standard InChI is InChI=1S/C22H25FN2O6S/c1-17(26)24-10-12-25(13-11-24)32(28,29)21-5-2-4-18(16-21)22(27)31-15-3-14-30-20-8-6-19(23)7-9-20/h2,4-9,16H,3,10-15H2,1H3. The largest absolute Gasteiger partial charge is 0.493 e. The Balaban J connectivity index is 1.51. The molecule has 2 aromatic rings. The monoisotopic (exact) mass is 464 g/mol. The molecular formula is C22H25FN2O6S. The quantitative estimate of drug-likeness (QED) is 0.440. The highest BCUT2D eigenvalue weighted by Crippen LogP contribution is 2.19. The van der Waals surface area contributed by atoms with Gasteiger partial charge in [-0.2, -0.15) is 4.31 Å². The number of sulfonamides is 1. The van der Waals surface area contributed by atoms with Crippen molar-refractivity contribution in [3.05, 3.63) is 59.9 Å². The first kappa shape index (κ1) is 23.7. The van der Waals surface area contributed by atoms with E-state index < -0.39 is 16.0 Å². The maximum atomic E-state index is 12.9. The molecule has 172 valence electrons. The summed E-state index contributed by atoms with van der Waals surface area (Å²) in [6, 6.07) is 11.3. The Hall–Kier alpha value is -2.98. The van der Waals surface area contributed by atoms with E-state index >= 15 is 0 Å². The number of hydrogen-bond acceptors (Lipinski definition) is 6.